The molecular weight excluding hydrogens is 376 g/mol. The van der Waals surface area contributed by atoms with Crippen LogP contribution in [0.15, 0.2) is 30.3 Å². The van der Waals surface area contributed by atoms with Crippen molar-refractivity contribution in [3.63, 3.8) is 0 Å². The van der Waals surface area contributed by atoms with Gasteiger partial charge < -0.3 is 15.4 Å². The van der Waals surface area contributed by atoms with Gasteiger partial charge >= 0.3 is 6.09 Å². The molecule has 164 valence electrons. The number of carbonyl (C=O) groups excluding carboxylic acids is 2. The third kappa shape index (κ3) is 5.16. The van der Waals surface area contributed by atoms with E-state index in [9.17, 15) is 9.59 Å². The summed E-state index contributed by atoms with van der Waals surface area (Å²) < 4.78 is 5.43. The lowest BCUT2D eigenvalue weighted by Crippen LogP contribution is -2.62. The first-order chi connectivity index (χ1) is 14.2. The van der Waals surface area contributed by atoms with Crippen molar-refractivity contribution in [1.29, 1.82) is 0 Å². The molecule has 2 N–H and O–H groups in total. The maximum atomic E-state index is 13.4. The number of alkyl carbamates (subject to hydrolysis) is 1. The zero-order valence-corrected chi connectivity index (χ0v) is 18.6. The van der Waals surface area contributed by atoms with Crippen molar-refractivity contribution < 1.29 is 14.3 Å². The van der Waals surface area contributed by atoms with Crippen LogP contribution in [0, 0.1) is 17.8 Å². The standard InChI is InChI=1S/C25H36N2O3/c1-24(2,3)30-23(29)26-21(10-9-17-7-5-4-6-8-17)22(28)27-25-14-18-11-19(15-25)13-20(12-18)16-25/h4-8,18-21H,9-16H2,1-3H3,(H,26,29)(H,27,28)/t18?,19?,20?,21-,25?/m0/s1. The van der Waals surface area contributed by atoms with E-state index in [1.807, 2.05) is 39.0 Å². The summed E-state index contributed by atoms with van der Waals surface area (Å²) in [4.78, 5) is 25.8. The van der Waals surface area contributed by atoms with Crippen LogP contribution in [0.5, 0.6) is 0 Å². The fourth-order valence-corrected chi connectivity index (χ4v) is 6.29. The molecule has 0 aromatic heterocycles. The van der Waals surface area contributed by atoms with Crippen molar-refractivity contribution in [2.45, 2.75) is 89.3 Å². The number of benzene rings is 1. The minimum atomic E-state index is -0.593. The number of carbonyl (C=O) groups is 2. The topological polar surface area (TPSA) is 67.4 Å². The molecule has 4 aliphatic carbocycles. The third-order valence-corrected chi connectivity index (χ3v) is 7.00. The van der Waals surface area contributed by atoms with Crippen LogP contribution < -0.4 is 10.6 Å². The van der Waals surface area contributed by atoms with Gasteiger partial charge in [-0.25, -0.2) is 4.79 Å². The van der Waals surface area contributed by atoms with Gasteiger partial charge in [-0.05, 0) is 95.5 Å². The van der Waals surface area contributed by atoms with Crippen LogP contribution in [0.2, 0.25) is 0 Å². The smallest absolute Gasteiger partial charge is 0.408 e. The SMILES string of the molecule is CC(C)(C)OC(=O)N[C@@H](CCc1ccccc1)C(=O)NC12CC3CC(CC(C3)C1)C2. The van der Waals surface area contributed by atoms with E-state index in [0.717, 1.165) is 49.0 Å². The van der Waals surface area contributed by atoms with Crippen molar-refractivity contribution >= 4 is 12.0 Å². The van der Waals surface area contributed by atoms with E-state index in [4.69, 9.17) is 4.74 Å². The highest BCUT2D eigenvalue weighted by molar-refractivity contribution is 5.86. The van der Waals surface area contributed by atoms with E-state index in [2.05, 4.69) is 22.8 Å². The first-order valence-corrected chi connectivity index (χ1v) is 11.6. The molecule has 4 saturated carbocycles. The summed E-state index contributed by atoms with van der Waals surface area (Å²) in [7, 11) is 0. The lowest BCUT2D eigenvalue weighted by Gasteiger charge is -2.57. The second-order valence-electron chi connectivity index (χ2n) is 10.9. The third-order valence-electron chi connectivity index (χ3n) is 7.00. The summed E-state index contributed by atoms with van der Waals surface area (Å²) in [5.41, 5.74) is 0.507. The number of rotatable bonds is 6. The maximum absolute atomic E-state index is 13.4. The predicted octanol–water partition coefficient (Wildman–Crippen LogP) is 4.60. The van der Waals surface area contributed by atoms with Gasteiger partial charge in [0.25, 0.3) is 0 Å². The Labute approximate surface area is 180 Å². The van der Waals surface area contributed by atoms with Crippen molar-refractivity contribution in [3.05, 3.63) is 35.9 Å². The normalized spacial score (nSPS) is 30.6. The summed E-state index contributed by atoms with van der Waals surface area (Å²) >= 11 is 0. The Bertz CT molecular complexity index is 733. The molecule has 1 aromatic carbocycles. The van der Waals surface area contributed by atoms with Gasteiger partial charge in [0, 0.05) is 5.54 Å². The van der Waals surface area contributed by atoms with Gasteiger partial charge in [0.2, 0.25) is 5.91 Å². The molecule has 5 nitrogen and oxygen atoms in total. The van der Waals surface area contributed by atoms with Gasteiger partial charge in [0.05, 0.1) is 0 Å². The number of aryl methyl sites for hydroxylation is 1. The molecule has 30 heavy (non-hydrogen) atoms. The highest BCUT2D eigenvalue weighted by Gasteiger charge is 2.51. The van der Waals surface area contributed by atoms with Gasteiger partial charge in [-0.2, -0.15) is 0 Å². The van der Waals surface area contributed by atoms with Crippen molar-refractivity contribution in [3.8, 4) is 0 Å². The average Bonchev–Trinajstić information content (AvgIpc) is 2.63. The minimum absolute atomic E-state index is 0.0567. The molecule has 4 aliphatic rings. The second-order valence-corrected chi connectivity index (χ2v) is 10.9. The molecule has 4 fully saturated rings. The molecule has 5 heteroatoms. The van der Waals surface area contributed by atoms with E-state index < -0.39 is 17.7 Å². The Morgan fingerprint density at radius 1 is 1.03 bits per heavy atom. The average molecular weight is 413 g/mol. The highest BCUT2D eigenvalue weighted by atomic mass is 16.6. The number of ether oxygens (including phenoxy) is 1. The van der Waals surface area contributed by atoms with E-state index in [1.165, 1.54) is 19.3 Å². The lowest BCUT2D eigenvalue weighted by molar-refractivity contribution is -0.129. The molecule has 0 saturated heterocycles. The Morgan fingerprint density at radius 2 is 1.60 bits per heavy atom. The molecule has 0 unspecified atom stereocenters. The van der Waals surface area contributed by atoms with Crippen LogP contribution in [0.25, 0.3) is 0 Å². The molecule has 0 spiro atoms. The summed E-state index contributed by atoms with van der Waals surface area (Å²) in [6, 6.07) is 9.51. The second kappa shape index (κ2) is 8.24. The van der Waals surface area contributed by atoms with Gasteiger partial charge in [0.1, 0.15) is 11.6 Å². The Kier molecular flexibility index (Phi) is 5.82. The molecule has 4 bridgehead atoms. The first-order valence-electron chi connectivity index (χ1n) is 11.6. The zero-order chi connectivity index (χ0) is 21.4. The number of hydrogen-bond acceptors (Lipinski definition) is 3. The molecule has 2 amide bonds. The van der Waals surface area contributed by atoms with Crippen LogP contribution >= 0.6 is 0 Å². The van der Waals surface area contributed by atoms with Gasteiger partial charge in [-0.1, -0.05) is 30.3 Å². The molecule has 0 aliphatic heterocycles. The highest BCUT2D eigenvalue weighted by Crippen LogP contribution is 2.55. The number of amides is 2. The molecule has 1 aromatic rings. The van der Waals surface area contributed by atoms with Crippen LogP contribution in [-0.2, 0) is 16.0 Å². The first kappa shape index (κ1) is 21.2. The molecule has 0 radical (unpaired) electrons. The summed E-state index contributed by atoms with van der Waals surface area (Å²) in [5.74, 6) is 2.23. The Morgan fingerprint density at radius 3 is 2.13 bits per heavy atom. The molecule has 0 heterocycles. The lowest BCUT2D eigenvalue weighted by atomic mass is 9.53. The van der Waals surface area contributed by atoms with E-state index in [1.54, 1.807) is 0 Å². The molecule has 1 atom stereocenters. The van der Waals surface area contributed by atoms with E-state index >= 15 is 0 Å². The van der Waals surface area contributed by atoms with Crippen LogP contribution in [-0.4, -0.2) is 29.2 Å². The van der Waals surface area contributed by atoms with Gasteiger partial charge in [-0.15, -0.1) is 0 Å². The fraction of sp³-hybridized carbons (Fsp3) is 0.680. The molecule has 5 rings (SSSR count). The summed E-state index contributed by atoms with van der Waals surface area (Å²) in [6.45, 7) is 5.50. The van der Waals surface area contributed by atoms with E-state index in [0.29, 0.717) is 6.42 Å². The number of nitrogens with one attached hydrogen (secondary N) is 2. The van der Waals surface area contributed by atoms with Crippen molar-refractivity contribution in [1.82, 2.24) is 10.6 Å². The zero-order valence-electron chi connectivity index (χ0n) is 18.6. The van der Waals surface area contributed by atoms with Crippen molar-refractivity contribution in [2.24, 2.45) is 17.8 Å². The van der Waals surface area contributed by atoms with Gasteiger partial charge in [0.15, 0.2) is 0 Å². The van der Waals surface area contributed by atoms with Crippen LogP contribution in [0.1, 0.15) is 71.3 Å². The van der Waals surface area contributed by atoms with Crippen molar-refractivity contribution in [2.75, 3.05) is 0 Å². The quantitative estimate of drug-likeness (QED) is 0.718. The molecular formula is C25H36N2O3. The Hall–Kier alpha value is -2.04. The predicted molar refractivity (Wildman–Crippen MR) is 117 cm³/mol. The maximum Gasteiger partial charge on any atom is 0.408 e. The Balaban J connectivity index is 1.43. The number of hydrogen-bond donors (Lipinski definition) is 2. The fourth-order valence-electron chi connectivity index (χ4n) is 6.29. The summed E-state index contributed by atoms with van der Waals surface area (Å²) in [5, 5.41) is 6.27. The largest absolute Gasteiger partial charge is 0.444 e. The van der Waals surface area contributed by atoms with Crippen LogP contribution in [0.4, 0.5) is 4.79 Å². The van der Waals surface area contributed by atoms with Crippen LogP contribution in [0.3, 0.4) is 0 Å². The van der Waals surface area contributed by atoms with Gasteiger partial charge in [-0.3, -0.25) is 4.79 Å². The monoisotopic (exact) mass is 412 g/mol. The summed E-state index contributed by atoms with van der Waals surface area (Å²) in [6.07, 6.45) is 8.07. The van der Waals surface area contributed by atoms with E-state index in [-0.39, 0.29) is 11.4 Å². The minimum Gasteiger partial charge on any atom is -0.444 e.